The smallest absolute Gasteiger partial charge is 0.726 e. The third-order valence-electron chi connectivity index (χ3n) is 10.3. The Morgan fingerprint density at radius 3 is 1.53 bits per heavy atom. The number of hydrogen-bond acceptors (Lipinski definition) is 13. The zero-order valence-corrected chi connectivity index (χ0v) is 37.2. The van der Waals surface area contributed by atoms with Crippen LogP contribution in [0.4, 0.5) is 0 Å². The summed E-state index contributed by atoms with van der Waals surface area (Å²) in [6.07, 6.45) is -9.77. The molecule has 15 heteroatoms. The van der Waals surface area contributed by atoms with Gasteiger partial charge in [-0.2, -0.15) is 0 Å². The van der Waals surface area contributed by atoms with Gasteiger partial charge >= 0.3 is 29.6 Å². The Kier molecular flexibility index (Phi) is 18.8. The average Bonchev–Trinajstić information content (AvgIpc) is 3.68. The minimum atomic E-state index is -5.33. The van der Waals surface area contributed by atoms with Crippen molar-refractivity contribution < 1.29 is 89.4 Å². The molecule has 2 saturated heterocycles. The Bertz CT molecular complexity index is 2140. The number of ether oxygens (including phenoxy) is 8. The molecular weight excluding hydrogens is 828 g/mol. The van der Waals surface area contributed by atoms with E-state index in [4.69, 9.17) is 42.1 Å². The summed E-state index contributed by atoms with van der Waals surface area (Å²) in [6, 6.07) is 46.9. The molecule has 0 unspecified atom stereocenters. The van der Waals surface area contributed by atoms with Crippen molar-refractivity contribution in [2.45, 2.75) is 88.2 Å². The van der Waals surface area contributed by atoms with E-state index < -0.39 is 65.5 Å². The molecule has 0 spiro atoms. The van der Waals surface area contributed by atoms with Crippen molar-refractivity contribution in [3.63, 3.8) is 0 Å². The molecule has 322 valence electrons. The topological polar surface area (TPSA) is 157 Å². The Labute approximate surface area is 384 Å². The number of hydrogen-bond donors (Lipinski definition) is 0. The van der Waals surface area contributed by atoms with Crippen LogP contribution in [0.15, 0.2) is 152 Å². The van der Waals surface area contributed by atoms with Crippen molar-refractivity contribution >= 4 is 16.7 Å². The summed E-state index contributed by atoms with van der Waals surface area (Å²) in [4.78, 5) is 12.8. The maximum atomic E-state index is 12.8. The van der Waals surface area contributed by atoms with Gasteiger partial charge in [0.15, 0.2) is 12.6 Å². The Morgan fingerprint density at radius 1 is 0.597 bits per heavy atom. The number of carbonyl (C=O) groups is 1. The van der Waals surface area contributed by atoms with Crippen LogP contribution in [0.3, 0.4) is 0 Å². The molecule has 0 aliphatic carbocycles. The van der Waals surface area contributed by atoms with Crippen molar-refractivity contribution in [3.8, 4) is 0 Å². The van der Waals surface area contributed by atoms with Crippen LogP contribution in [0.2, 0.25) is 0 Å². The molecule has 0 N–H and O–H groups in total. The zero-order valence-electron chi connectivity index (χ0n) is 34.4. The van der Waals surface area contributed by atoms with Crippen molar-refractivity contribution in [1.29, 1.82) is 0 Å². The molecule has 7 rings (SSSR count). The van der Waals surface area contributed by atoms with Crippen LogP contribution in [0, 0.1) is 0 Å². The molecule has 0 saturated carbocycles. The van der Waals surface area contributed by atoms with Crippen LogP contribution in [0.1, 0.15) is 27.8 Å². The molecule has 5 aromatic rings. The summed E-state index contributed by atoms with van der Waals surface area (Å²) >= 11 is 0. The minimum absolute atomic E-state index is 0. The number of aldehydes is 1. The summed E-state index contributed by atoms with van der Waals surface area (Å²) in [6.45, 7) is 0.268. The molecule has 9 atom stereocenters. The fraction of sp³-hybridized carbons (Fsp3) is 0.340. The predicted molar refractivity (Wildman–Crippen MR) is 220 cm³/mol. The summed E-state index contributed by atoms with van der Waals surface area (Å²) in [5, 5.41) is 0. The van der Waals surface area contributed by atoms with E-state index in [1.54, 1.807) is 0 Å². The van der Waals surface area contributed by atoms with Gasteiger partial charge in [0.2, 0.25) is 10.4 Å². The second-order valence-electron chi connectivity index (χ2n) is 14.7. The fourth-order valence-corrected chi connectivity index (χ4v) is 7.75. The van der Waals surface area contributed by atoms with Crippen LogP contribution in [-0.4, -0.2) is 87.6 Å². The predicted octanol–water partition coefficient (Wildman–Crippen LogP) is 3.10. The summed E-state index contributed by atoms with van der Waals surface area (Å²) in [5.41, 5.74) is 4.14. The average molecular weight is 877 g/mol. The first kappa shape index (κ1) is 47.8. The molecule has 0 bridgehead atoms. The SMILES string of the molecule is O=C[C@H](OCc1ccccc1)[C@H]1OC[C@@H](OCc2ccccc2)[C@@H]1O[C@@H]1O[C@H](COCc2ccccc2)[C@H](OS(=O)(=O)[O-])[C@H](OCc2ccccc2)[C@H]1OCc1ccccc1.[Na+]. The van der Waals surface area contributed by atoms with Gasteiger partial charge in [-0.15, -0.1) is 0 Å². The van der Waals surface area contributed by atoms with E-state index in [2.05, 4.69) is 0 Å². The second-order valence-corrected chi connectivity index (χ2v) is 15.7. The van der Waals surface area contributed by atoms with Crippen molar-refractivity contribution in [1.82, 2.24) is 0 Å². The third-order valence-corrected chi connectivity index (χ3v) is 10.7. The van der Waals surface area contributed by atoms with Crippen molar-refractivity contribution in [2.75, 3.05) is 13.2 Å². The summed E-state index contributed by atoms with van der Waals surface area (Å²) in [5.74, 6) is 0. The second kappa shape index (κ2) is 24.4. The zero-order chi connectivity index (χ0) is 42.3. The van der Waals surface area contributed by atoms with Gasteiger partial charge in [-0.3, -0.25) is 4.18 Å². The van der Waals surface area contributed by atoms with E-state index in [-0.39, 0.29) is 75.8 Å². The van der Waals surface area contributed by atoms with Gasteiger partial charge in [0, 0.05) is 0 Å². The summed E-state index contributed by atoms with van der Waals surface area (Å²) < 4.78 is 94.3. The molecule has 2 aliphatic rings. The quantitative estimate of drug-likeness (QED) is 0.0433. The summed E-state index contributed by atoms with van der Waals surface area (Å²) in [7, 11) is -5.33. The Balaban J connectivity index is 0.00000641. The molecule has 0 aromatic heterocycles. The van der Waals surface area contributed by atoms with E-state index >= 15 is 0 Å². The normalized spacial score (nSPS) is 24.2. The van der Waals surface area contributed by atoms with Crippen molar-refractivity contribution in [3.05, 3.63) is 179 Å². The van der Waals surface area contributed by atoms with Crippen LogP contribution in [-0.2, 0) is 90.3 Å². The first-order valence-corrected chi connectivity index (χ1v) is 21.4. The molecule has 2 aliphatic heterocycles. The Hall–Kier alpha value is -3.68. The third kappa shape index (κ3) is 14.2. The van der Waals surface area contributed by atoms with Crippen LogP contribution in [0.5, 0.6) is 0 Å². The van der Waals surface area contributed by atoms with Gasteiger partial charge < -0.3 is 47.2 Å². The first-order valence-electron chi connectivity index (χ1n) is 20.1. The molecule has 5 aromatic carbocycles. The van der Waals surface area contributed by atoms with E-state index in [0.717, 1.165) is 27.8 Å². The molecular formula is C47H49NaO13S. The first-order chi connectivity index (χ1) is 29.8. The number of benzene rings is 5. The molecule has 0 amide bonds. The monoisotopic (exact) mass is 876 g/mol. The van der Waals surface area contributed by atoms with Gasteiger partial charge in [-0.05, 0) is 27.8 Å². The van der Waals surface area contributed by atoms with Gasteiger partial charge in [0.25, 0.3) is 0 Å². The van der Waals surface area contributed by atoms with E-state index in [1.807, 2.05) is 152 Å². The van der Waals surface area contributed by atoms with Crippen LogP contribution < -0.4 is 29.6 Å². The van der Waals surface area contributed by atoms with Gasteiger partial charge in [-0.25, -0.2) is 8.42 Å². The largest absolute Gasteiger partial charge is 1.00 e. The van der Waals surface area contributed by atoms with E-state index in [1.165, 1.54) is 0 Å². The van der Waals surface area contributed by atoms with Crippen LogP contribution >= 0.6 is 0 Å². The molecule has 0 radical (unpaired) electrons. The molecule has 2 fully saturated rings. The van der Waals surface area contributed by atoms with E-state index in [0.29, 0.717) is 6.29 Å². The number of carbonyl (C=O) groups excluding carboxylic acids is 1. The standard InChI is InChI=1S/C47H50O13S.Na/c48-26-39(53-28-35-18-8-2-9-19-35)42-43(40(33-57-42)54-29-36-20-10-3-11-21-36)59-47-46(56-31-38-24-14-5-15-25-38)45(55-30-37-22-12-4-13-23-37)44(60-61(49,50)51)41(58-47)32-52-27-34-16-6-1-7-17-34;/h1-26,39-47H,27-33H2,(H,49,50,51);/q;+1/p-1/t39-,40+,41+,42+,43-,44-,45-,46+,47-;/m0./s1. The van der Waals surface area contributed by atoms with Gasteiger partial charge in [0.05, 0.1) is 46.2 Å². The van der Waals surface area contributed by atoms with Crippen molar-refractivity contribution in [2.24, 2.45) is 0 Å². The van der Waals surface area contributed by atoms with Crippen LogP contribution in [0.25, 0.3) is 0 Å². The Morgan fingerprint density at radius 2 is 1.05 bits per heavy atom. The van der Waals surface area contributed by atoms with E-state index in [9.17, 15) is 17.8 Å². The fourth-order valence-electron chi connectivity index (χ4n) is 7.25. The minimum Gasteiger partial charge on any atom is -0.726 e. The van der Waals surface area contributed by atoms with Gasteiger partial charge in [-0.1, -0.05) is 152 Å². The number of rotatable bonds is 22. The maximum absolute atomic E-state index is 12.8. The molecule has 62 heavy (non-hydrogen) atoms. The molecule has 2 heterocycles. The maximum Gasteiger partial charge on any atom is 1.00 e. The van der Waals surface area contributed by atoms with Gasteiger partial charge in [0.1, 0.15) is 48.8 Å². The molecule has 13 nitrogen and oxygen atoms in total.